The molecule has 0 aliphatic carbocycles. The minimum absolute atomic E-state index is 0.270. The average molecular weight is 220 g/mol. The molecule has 1 aromatic rings. The van der Waals surface area contributed by atoms with Gasteiger partial charge in [-0.05, 0) is 19.2 Å². The van der Waals surface area contributed by atoms with Crippen molar-refractivity contribution in [1.82, 2.24) is 14.9 Å². The summed E-state index contributed by atoms with van der Waals surface area (Å²) < 4.78 is 5.37. The van der Waals surface area contributed by atoms with Crippen LogP contribution >= 0.6 is 0 Å². The fraction of sp³-hybridized carbons (Fsp3) is 0.545. The summed E-state index contributed by atoms with van der Waals surface area (Å²) in [4.78, 5) is 10.1. The van der Waals surface area contributed by atoms with E-state index < -0.39 is 0 Å². The fourth-order valence-electron chi connectivity index (χ4n) is 1.28. The smallest absolute Gasteiger partial charge is 0.317 e. The van der Waals surface area contributed by atoms with Crippen LogP contribution in [0, 0.1) is 11.3 Å². The maximum atomic E-state index is 8.65. The fourth-order valence-corrected chi connectivity index (χ4v) is 1.28. The van der Waals surface area contributed by atoms with Gasteiger partial charge in [0.25, 0.3) is 0 Å². The average Bonchev–Trinajstić information content (AvgIpc) is 2.35. The second kappa shape index (κ2) is 6.75. The number of rotatable bonds is 6. The van der Waals surface area contributed by atoms with E-state index in [-0.39, 0.29) is 6.01 Å². The van der Waals surface area contributed by atoms with E-state index >= 15 is 0 Å². The summed E-state index contributed by atoms with van der Waals surface area (Å²) in [6, 6.07) is 3.77. The van der Waals surface area contributed by atoms with Crippen LogP contribution in [0.3, 0.4) is 0 Å². The van der Waals surface area contributed by atoms with Crippen LogP contribution in [0.5, 0.6) is 6.01 Å². The molecule has 1 rings (SSSR count). The Balaban J connectivity index is 2.40. The Hall–Kier alpha value is -1.67. The standard InChI is InChI=1S/C11H16N4O/c1-3-15(4-2)7-8-16-11-13-6-5-10(9-12)14-11/h5-6H,3-4,7-8H2,1-2H3. The third-order valence-electron chi connectivity index (χ3n) is 2.28. The molecule has 5 heteroatoms. The molecule has 0 atom stereocenters. The maximum Gasteiger partial charge on any atom is 0.317 e. The highest BCUT2D eigenvalue weighted by atomic mass is 16.5. The lowest BCUT2D eigenvalue weighted by atomic mass is 10.4. The number of aromatic nitrogens is 2. The number of likely N-dealkylation sites (N-methyl/N-ethyl adjacent to an activating group) is 1. The Morgan fingerprint density at radius 3 is 2.81 bits per heavy atom. The van der Waals surface area contributed by atoms with E-state index in [0.717, 1.165) is 19.6 Å². The van der Waals surface area contributed by atoms with E-state index in [1.165, 1.54) is 6.20 Å². The first-order valence-corrected chi connectivity index (χ1v) is 5.38. The number of nitrogens with zero attached hydrogens (tertiary/aromatic N) is 4. The molecule has 0 bridgehead atoms. The SMILES string of the molecule is CCN(CC)CCOc1nccc(C#N)n1. The zero-order valence-electron chi connectivity index (χ0n) is 9.68. The number of nitriles is 1. The van der Waals surface area contributed by atoms with Crippen molar-refractivity contribution in [3.63, 3.8) is 0 Å². The Labute approximate surface area is 95.7 Å². The topological polar surface area (TPSA) is 62.0 Å². The summed E-state index contributed by atoms with van der Waals surface area (Å²) in [5.74, 6) is 0. The van der Waals surface area contributed by atoms with E-state index in [0.29, 0.717) is 12.3 Å². The second-order valence-corrected chi connectivity index (χ2v) is 3.21. The number of hydrogen-bond donors (Lipinski definition) is 0. The Morgan fingerprint density at radius 2 is 2.19 bits per heavy atom. The molecule has 0 aliphatic rings. The Bertz CT molecular complexity index is 357. The van der Waals surface area contributed by atoms with Gasteiger partial charge in [-0.25, -0.2) is 4.98 Å². The van der Waals surface area contributed by atoms with Gasteiger partial charge in [0.15, 0.2) is 0 Å². The summed E-state index contributed by atoms with van der Waals surface area (Å²) >= 11 is 0. The quantitative estimate of drug-likeness (QED) is 0.717. The van der Waals surface area contributed by atoms with Gasteiger partial charge in [0.2, 0.25) is 0 Å². The molecular formula is C11H16N4O. The van der Waals surface area contributed by atoms with Gasteiger partial charge in [0.1, 0.15) is 18.4 Å². The van der Waals surface area contributed by atoms with Crippen molar-refractivity contribution in [2.45, 2.75) is 13.8 Å². The summed E-state index contributed by atoms with van der Waals surface area (Å²) in [5, 5.41) is 8.65. The van der Waals surface area contributed by atoms with Gasteiger partial charge in [-0.2, -0.15) is 10.2 Å². The van der Waals surface area contributed by atoms with Crippen molar-refractivity contribution in [2.24, 2.45) is 0 Å². The van der Waals surface area contributed by atoms with Gasteiger partial charge < -0.3 is 9.64 Å². The van der Waals surface area contributed by atoms with Gasteiger partial charge >= 0.3 is 6.01 Å². The van der Waals surface area contributed by atoms with Crippen LogP contribution in [0.1, 0.15) is 19.5 Å². The van der Waals surface area contributed by atoms with Gasteiger partial charge in [0.05, 0.1) is 0 Å². The van der Waals surface area contributed by atoms with Crippen molar-refractivity contribution < 1.29 is 4.74 Å². The van der Waals surface area contributed by atoms with Gasteiger partial charge in [-0.3, -0.25) is 0 Å². The molecule has 5 nitrogen and oxygen atoms in total. The van der Waals surface area contributed by atoms with Crippen LogP contribution in [0.2, 0.25) is 0 Å². The lowest BCUT2D eigenvalue weighted by molar-refractivity contribution is 0.212. The number of hydrogen-bond acceptors (Lipinski definition) is 5. The van der Waals surface area contributed by atoms with Crippen molar-refractivity contribution in [3.8, 4) is 12.1 Å². The molecule has 0 amide bonds. The highest BCUT2D eigenvalue weighted by Crippen LogP contribution is 2.01. The molecule has 1 aromatic heterocycles. The molecule has 0 spiro atoms. The Morgan fingerprint density at radius 1 is 1.44 bits per heavy atom. The summed E-state index contributed by atoms with van der Waals surface area (Å²) in [7, 11) is 0. The molecule has 0 N–H and O–H groups in total. The summed E-state index contributed by atoms with van der Waals surface area (Å²) in [6.07, 6.45) is 1.53. The number of ether oxygens (including phenoxy) is 1. The minimum atomic E-state index is 0.270. The third kappa shape index (κ3) is 3.83. The van der Waals surface area contributed by atoms with E-state index in [1.54, 1.807) is 6.07 Å². The van der Waals surface area contributed by atoms with Gasteiger partial charge in [-0.1, -0.05) is 13.8 Å². The first-order valence-electron chi connectivity index (χ1n) is 5.38. The molecular weight excluding hydrogens is 204 g/mol. The molecule has 0 unspecified atom stereocenters. The lowest BCUT2D eigenvalue weighted by Crippen LogP contribution is -2.28. The predicted molar refractivity (Wildman–Crippen MR) is 60.0 cm³/mol. The van der Waals surface area contributed by atoms with Crippen molar-refractivity contribution in [3.05, 3.63) is 18.0 Å². The molecule has 0 saturated heterocycles. The first-order chi connectivity index (χ1) is 7.80. The van der Waals surface area contributed by atoms with Crippen molar-refractivity contribution in [1.29, 1.82) is 5.26 Å². The van der Waals surface area contributed by atoms with Crippen molar-refractivity contribution >= 4 is 0 Å². The monoisotopic (exact) mass is 220 g/mol. The summed E-state index contributed by atoms with van der Waals surface area (Å²) in [5.41, 5.74) is 0.327. The van der Waals surface area contributed by atoms with Gasteiger partial charge in [0, 0.05) is 12.7 Å². The highest BCUT2D eigenvalue weighted by Gasteiger charge is 2.02. The molecule has 0 fully saturated rings. The molecule has 0 aromatic carbocycles. The van der Waals surface area contributed by atoms with Crippen LogP contribution in [0.4, 0.5) is 0 Å². The molecule has 0 aliphatic heterocycles. The van der Waals surface area contributed by atoms with Gasteiger partial charge in [-0.15, -0.1) is 0 Å². The normalized spacial score (nSPS) is 10.1. The highest BCUT2D eigenvalue weighted by molar-refractivity contribution is 5.19. The first kappa shape index (κ1) is 12.4. The van der Waals surface area contributed by atoms with E-state index in [1.807, 2.05) is 6.07 Å². The third-order valence-corrected chi connectivity index (χ3v) is 2.28. The van der Waals surface area contributed by atoms with E-state index in [4.69, 9.17) is 10.00 Å². The summed E-state index contributed by atoms with van der Waals surface area (Å²) in [6.45, 7) is 7.59. The van der Waals surface area contributed by atoms with E-state index in [2.05, 4.69) is 28.7 Å². The Kier molecular flexibility index (Phi) is 5.23. The van der Waals surface area contributed by atoms with E-state index in [9.17, 15) is 0 Å². The molecule has 0 saturated carbocycles. The van der Waals surface area contributed by atoms with Crippen LogP contribution < -0.4 is 4.74 Å². The van der Waals surface area contributed by atoms with Crippen LogP contribution in [-0.2, 0) is 0 Å². The molecule has 16 heavy (non-hydrogen) atoms. The second-order valence-electron chi connectivity index (χ2n) is 3.21. The lowest BCUT2D eigenvalue weighted by Gasteiger charge is -2.17. The molecule has 1 heterocycles. The predicted octanol–water partition coefficient (Wildman–Crippen LogP) is 1.07. The van der Waals surface area contributed by atoms with Crippen LogP contribution in [0.25, 0.3) is 0 Å². The van der Waals surface area contributed by atoms with Crippen molar-refractivity contribution in [2.75, 3.05) is 26.2 Å². The molecule has 86 valence electrons. The van der Waals surface area contributed by atoms with Crippen LogP contribution in [-0.4, -0.2) is 41.1 Å². The zero-order chi connectivity index (χ0) is 11.8. The zero-order valence-corrected chi connectivity index (χ0v) is 9.68. The maximum absolute atomic E-state index is 8.65. The van der Waals surface area contributed by atoms with Crippen LogP contribution in [0.15, 0.2) is 12.3 Å². The minimum Gasteiger partial charge on any atom is -0.462 e. The molecule has 0 radical (unpaired) electrons. The largest absolute Gasteiger partial charge is 0.462 e.